The zero-order chi connectivity index (χ0) is 16.7. The van der Waals surface area contributed by atoms with Crippen LogP contribution in [0.1, 0.15) is 25.8 Å². The summed E-state index contributed by atoms with van der Waals surface area (Å²) in [5.74, 6) is 0.205. The van der Waals surface area contributed by atoms with Gasteiger partial charge in [-0.2, -0.15) is 0 Å². The third-order valence-electron chi connectivity index (χ3n) is 3.49. The third-order valence-corrected chi connectivity index (χ3v) is 3.49. The standard InChI is InChI=1S/C17H25N3O3.ClH/c1-12(2)8-16(21)20-14-5-3-4-13(9-14)10-19-17(22)15-11-18-6-7-23-15;/h3-5,9,12,15,18H,6-8,10-11H2,1-2H3,(H,19,22)(H,20,21);1H. The molecule has 2 rings (SSSR count). The number of halogens is 1. The summed E-state index contributed by atoms with van der Waals surface area (Å²) in [6, 6.07) is 7.50. The Bertz CT molecular complexity index is 546. The summed E-state index contributed by atoms with van der Waals surface area (Å²) in [5, 5.41) is 8.87. The van der Waals surface area contributed by atoms with Gasteiger partial charge in [0, 0.05) is 31.7 Å². The molecule has 1 heterocycles. The van der Waals surface area contributed by atoms with Crippen LogP contribution in [0.5, 0.6) is 0 Å². The lowest BCUT2D eigenvalue weighted by Gasteiger charge is -2.22. The van der Waals surface area contributed by atoms with Crippen LogP contribution < -0.4 is 16.0 Å². The van der Waals surface area contributed by atoms with E-state index in [4.69, 9.17) is 4.74 Å². The number of nitrogens with one attached hydrogen (secondary N) is 3. The summed E-state index contributed by atoms with van der Waals surface area (Å²) >= 11 is 0. The highest BCUT2D eigenvalue weighted by atomic mass is 35.5. The van der Waals surface area contributed by atoms with Crippen molar-refractivity contribution in [2.45, 2.75) is 32.9 Å². The van der Waals surface area contributed by atoms with Crippen molar-refractivity contribution in [3.63, 3.8) is 0 Å². The molecule has 0 bridgehead atoms. The smallest absolute Gasteiger partial charge is 0.250 e. The molecule has 1 atom stereocenters. The van der Waals surface area contributed by atoms with Gasteiger partial charge >= 0.3 is 0 Å². The Hall–Kier alpha value is -1.63. The van der Waals surface area contributed by atoms with Gasteiger partial charge in [0.25, 0.3) is 5.91 Å². The quantitative estimate of drug-likeness (QED) is 0.725. The molecule has 1 aromatic carbocycles. The molecule has 1 aromatic rings. The second-order valence-corrected chi connectivity index (χ2v) is 6.13. The van der Waals surface area contributed by atoms with Crippen LogP contribution in [0.4, 0.5) is 5.69 Å². The minimum atomic E-state index is -0.433. The van der Waals surface area contributed by atoms with Gasteiger partial charge in [-0.1, -0.05) is 26.0 Å². The van der Waals surface area contributed by atoms with Gasteiger partial charge in [0.05, 0.1) is 6.61 Å². The molecule has 1 aliphatic rings. The molecular formula is C17H26ClN3O3. The predicted octanol–water partition coefficient (Wildman–Crippen LogP) is 1.70. The van der Waals surface area contributed by atoms with Crippen molar-refractivity contribution in [3.8, 4) is 0 Å². The number of amides is 2. The van der Waals surface area contributed by atoms with Crippen molar-refractivity contribution < 1.29 is 14.3 Å². The summed E-state index contributed by atoms with van der Waals surface area (Å²) in [6.07, 6.45) is 0.0603. The maximum atomic E-state index is 12.0. The Labute approximate surface area is 149 Å². The van der Waals surface area contributed by atoms with E-state index >= 15 is 0 Å². The van der Waals surface area contributed by atoms with Gasteiger partial charge in [0.2, 0.25) is 5.91 Å². The van der Waals surface area contributed by atoms with E-state index in [1.165, 1.54) is 0 Å². The molecule has 24 heavy (non-hydrogen) atoms. The molecule has 0 radical (unpaired) electrons. The summed E-state index contributed by atoms with van der Waals surface area (Å²) < 4.78 is 5.41. The molecule has 7 heteroatoms. The molecule has 0 saturated carbocycles. The van der Waals surface area contributed by atoms with Gasteiger partial charge in [0.15, 0.2) is 0 Å². The van der Waals surface area contributed by atoms with Gasteiger partial charge in [0.1, 0.15) is 6.10 Å². The predicted molar refractivity (Wildman–Crippen MR) is 96.2 cm³/mol. The van der Waals surface area contributed by atoms with Crippen molar-refractivity contribution in [2.75, 3.05) is 25.0 Å². The minimum absolute atomic E-state index is 0. The lowest BCUT2D eigenvalue weighted by molar-refractivity contribution is -0.134. The molecule has 1 fully saturated rings. The monoisotopic (exact) mass is 355 g/mol. The van der Waals surface area contributed by atoms with Crippen LogP contribution in [-0.4, -0.2) is 37.6 Å². The van der Waals surface area contributed by atoms with Crippen LogP contribution in [0.3, 0.4) is 0 Å². The van der Waals surface area contributed by atoms with Gasteiger partial charge in [-0.15, -0.1) is 12.4 Å². The molecule has 3 N–H and O–H groups in total. The number of ether oxygens (including phenoxy) is 1. The Morgan fingerprint density at radius 3 is 2.83 bits per heavy atom. The van der Waals surface area contributed by atoms with E-state index < -0.39 is 6.10 Å². The highest BCUT2D eigenvalue weighted by Gasteiger charge is 2.21. The van der Waals surface area contributed by atoms with Crippen molar-refractivity contribution in [1.82, 2.24) is 10.6 Å². The fraction of sp³-hybridized carbons (Fsp3) is 0.529. The van der Waals surface area contributed by atoms with Crippen molar-refractivity contribution in [2.24, 2.45) is 5.92 Å². The molecule has 1 saturated heterocycles. The van der Waals surface area contributed by atoms with Crippen LogP contribution in [0.2, 0.25) is 0 Å². The molecule has 1 unspecified atom stereocenters. The van der Waals surface area contributed by atoms with Gasteiger partial charge in [-0.05, 0) is 23.6 Å². The normalized spacial score (nSPS) is 17.0. The van der Waals surface area contributed by atoms with E-state index in [0.717, 1.165) is 17.8 Å². The van der Waals surface area contributed by atoms with Crippen molar-refractivity contribution in [3.05, 3.63) is 29.8 Å². The SMILES string of the molecule is CC(C)CC(=O)Nc1cccc(CNC(=O)C2CNCCO2)c1.Cl. The molecule has 0 spiro atoms. The van der Waals surface area contributed by atoms with Crippen LogP contribution >= 0.6 is 12.4 Å². The first-order valence-electron chi connectivity index (χ1n) is 8.03. The molecular weight excluding hydrogens is 330 g/mol. The van der Waals surface area contributed by atoms with E-state index in [2.05, 4.69) is 16.0 Å². The highest BCUT2D eigenvalue weighted by molar-refractivity contribution is 5.90. The average Bonchev–Trinajstić information content (AvgIpc) is 2.53. The maximum absolute atomic E-state index is 12.0. The lowest BCUT2D eigenvalue weighted by atomic mass is 10.1. The molecule has 1 aliphatic heterocycles. The van der Waals surface area contributed by atoms with Crippen LogP contribution in [0, 0.1) is 5.92 Å². The van der Waals surface area contributed by atoms with E-state index in [-0.39, 0.29) is 24.2 Å². The van der Waals surface area contributed by atoms with Gasteiger partial charge < -0.3 is 20.7 Å². The topological polar surface area (TPSA) is 79.5 Å². The average molecular weight is 356 g/mol. The van der Waals surface area contributed by atoms with Crippen LogP contribution in [0.25, 0.3) is 0 Å². The fourth-order valence-corrected chi connectivity index (χ4v) is 2.38. The first-order chi connectivity index (χ1) is 11.0. The largest absolute Gasteiger partial charge is 0.366 e. The zero-order valence-corrected chi connectivity index (χ0v) is 14.9. The summed E-state index contributed by atoms with van der Waals surface area (Å²) in [4.78, 5) is 23.8. The van der Waals surface area contributed by atoms with Crippen LogP contribution in [-0.2, 0) is 20.9 Å². The molecule has 134 valence electrons. The molecule has 0 aliphatic carbocycles. The van der Waals surface area contributed by atoms with E-state index in [1.54, 1.807) is 0 Å². The molecule has 0 aromatic heterocycles. The van der Waals surface area contributed by atoms with Gasteiger partial charge in [-0.25, -0.2) is 0 Å². The Balaban J connectivity index is 0.00000288. The third kappa shape index (κ3) is 6.86. The highest BCUT2D eigenvalue weighted by Crippen LogP contribution is 2.12. The molecule has 6 nitrogen and oxygen atoms in total. The number of carbonyl (C=O) groups is 2. The summed E-state index contributed by atoms with van der Waals surface area (Å²) in [7, 11) is 0. The second-order valence-electron chi connectivity index (χ2n) is 6.13. The minimum Gasteiger partial charge on any atom is -0.366 e. The van der Waals surface area contributed by atoms with Crippen LogP contribution in [0.15, 0.2) is 24.3 Å². The Morgan fingerprint density at radius 2 is 2.17 bits per heavy atom. The summed E-state index contributed by atoms with van der Waals surface area (Å²) in [6.45, 7) is 6.29. The van der Waals surface area contributed by atoms with E-state index in [0.29, 0.717) is 32.0 Å². The van der Waals surface area contributed by atoms with Crippen molar-refractivity contribution >= 4 is 29.9 Å². The fourth-order valence-electron chi connectivity index (χ4n) is 2.38. The number of anilines is 1. The maximum Gasteiger partial charge on any atom is 0.250 e. The lowest BCUT2D eigenvalue weighted by Crippen LogP contribution is -2.47. The Morgan fingerprint density at radius 1 is 1.38 bits per heavy atom. The number of benzene rings is 1. The Kier molecular flexibility index (Phi) is 8.74. The first kappa shape index (κ1) is 20.4. The summed E-state index contributed by atoms with van der Waals surface area (Å²) in [5.41, 5.74) is 1.68. The first-order valence-corrected chi connectivity index (χ1v) is 8.03. The van der Waals surface area contributed by atoms with E-state index in [9.17, 15) is 9.59 Å². The van der Waals surface area contributed by atoms with Gasteiger partial charge in [-0.3, -0.25) is 9.59 Å². The molecule has 2 amide bonds. The second kappa shape index (κ2) is 10.3. The number of morpholine rings is 1. The zero-order valence-electron chi connectivity index (χ0n) is 14.1. The number of rotatable bonds is 6. The number of carbonyl (C=O) groups excluding carboxylic acids is 2. The number of hydrogen-bond donors (Lipinski definition) is 3. The van der Waals surface area contributed by atoms with E-state index in [1.807, 2.05) is 38.1 Å². The van der Waals surface area contributed by atoms with Crippen molar-refractivity contribution in [1.29, 1.82) is 0 Å². The number of hydrogen-bond acceptors (Lipinski definition) is 4.